The van der Waals surface area contributed by atoms with Crippen LogP contribution in [-0.4, -0.2) is 38.3 Å². The van der Waals surface area contributed by atoms with Gasteiger partial charge in [0.25, 0.3) is 0 Å². The van der Waals surface area contributed by atoms with E-state index >= 15 is 0 Å². The Hall–Kier alpha value is -2.50. The quantitative estimate of drug-likeness (QED) is 0.712. The predicted molar refractivity (Wildman–Crippen MR) is 79.2 cm³/mol. The summed E-state index contributed by atoms with van der Waals surface area (Å²) in [5.74, 6) is 0.902. The molecule has 0 amide bonds. The van der Waals surface area contributed by atoms with Crippen molar-refractivity contribution in [3.05, 3.63) is 47.5 Å². The van der Waals surface area contributed by atoms with E-state index in [0.29, 0.717) is 11.7 Å². The van der Waals surface area contributed by atoms with Crippen LogP contribution < -0.4 is 4.90 Å². The number of anilines is 1. The molecule has 0 radical (unpaired) electrons. The second-order valence-corrected chi connectivity index (χ2v) is 5.49. The third-order valence-corrected chi connectivity index (χ3v) is 4.29. The summed E-state index contributed by atoms with van der Waals surface area (Å²) in [5.41, 5.74) is 3.59. The molecule has 1 aliphatic carbocycles. The normalized spacial score (nSPS) is 17.7. The van der Waals surface area contributed by atoms with Crippen molar-refractivity contribution in [1.82, 2.24) is 25.3 Å². The van der Waals surface area contributed by atoms with Gasteiger partial charge in [-0.15, -0.1) is 14.8 Å². The van der Waals surface area contributed by atoms with Crippen LogP contribution >= 0.6 is 0 Å². The van der Waals surface area contributed by atoms with Crippen molar-refractivity contribution in [1.29, 1.82) is 0 Å². The van der Waals surface area contributed by atoms with Gasteiger partial charge in [0.2, 0.25) is 0 Å². The Kier molecular flexibility index (Phi) is 2.80. The van der Waals surface area contributed by atoms with Crippen LogP contribution in [0.25, 0.3) is 5.65 Å². The highest BCUT2D eigenvalue weighted by Crippen LogP contribution is 2.26. The lowest BCUT2D eigenvalue weighted by Gasteiger charge is -2.33. The second kappa shape index (κ2) is 4.80. The van der Waals surface area contributed by atoms with E-state index in [0.717, 1.165) is 25.1 Å². The third-order valence-electron chi connectivity index (χ3n) is 4.29. The maximum atomic E-state index is 4.47. The molecule has 1 atom stereocenters. The number of hydrogen-bond donors (Lipinski definition) is 0. The van der Waals surface area contributed by atoms with Gasteiger partial charge in [-0.3, -0.25) is 0 Å². The number of tetrazole rings is 1. The van der Waals surface area contributed by atoms with Crippen LogP contribution in [0.5, 0.6) is 0 Å². The summed E-state index contributed by atoms with van der Waals surface area (Å²) in [6, 6.07) is 13.0. The molecule has 21 heavy (non-hydrogen) atoms. The molecule has 0 saturated heterocycles. The number of likely N-dealkylation sites (N-methyl/N-ethyl adjacent to an activating group) is 1. The molecule has 106 valence electrons. The summed E-state index contributed by atoms with van der Waals surface area (Å²) in [4.78, 5) is 2.23. The van der Waals surface area contributed by atoms with Gasteiger partial charge in [-0.25, -0.2) is 0 Å². The highest BCUT2D eigenvalue weighted by molar-refractivity contribution is 5.45. The minimum atomic E-state index is 0.460. The van der Waals surface area contributed by atoms with Gasteiger partial charge in [0.15, 0.2) is 11.5 Å². The minimum Gasteiger partial charge on any atom is -0.355 e. The number of fused-ring (bicyclic) bond motifs is 2. The van der Waals surface area contributed by atoms with E-state index in [1.807, 2.05) is 12.1 Å². The molecule has 6 nitrogen and oxygen atoms in total. The molecule has 2 aromatic heterocycles. The van der Waals surface area contributed by atoms with Gasteiger partial charge in [0.05, 0.1) is 0 Å². The Morgan fingerprint density at radius 2 is 2.00 bits per heavy atom. The van der Waals surface area contributed by atoms with E-state index in [4.69, 9.17) is 0 Å². The molecule has 1 unspecified atom stereocenters. The van der Waals surface area contributed by atoms with Crippen LogP contribution in [-0.2, 0) is 12.8 Å². The summed E-state index contributed by atoms with van der Waals surface area (Å²) in [6.07, 6.45) is 3.32. The molecular formula is C15H16N6. The molecule has 3 aromatic rings. The molecular weight excluding hydrogens is 264 g/mol. The average Bonchev–Trinajstić information content (AvgIpc) is 3.01. The fraction of sp³-hybridized carbons (Fsp3) is 0.333. The molecule has 0 spiro atoms. The van der Waals surface area contributed by atoms with Gasteiger partial charge >= 0.3 is 0 Å². The van der Waals surface area contributed by atoms with Crippen molar-refractivity contribution in [3.63, 3.8) is 0 Å². The molecule has 0 saturated carbocycles. The first-order valence-corrected chi connectivity index (χ1v) is 7.16. The zero-order chi connectivity index (χ0) is 14.2. The standard InChI is InChI=1S/C15H16N6/c1-20(15-9-8-14-16-18-19-21(14)17-15)13-7-6-11-4-2-3-5-12(11)10-13/h2-5,8-9,13H,6-7,10H2,1H3. The SMILES string of the molecule is CN(c1ccc2nnnn2n1)C1CCc2ccccc2C1. The maximum absolute atomic E-state index is 4.47. The number of aryl methyl sites for hydroxylation is 1. The topological polar surface area (TPSA) is 59.2 Å². The zero-order valence-corrected chi connectivity index (χ0v) is 11.8. The summed E-state index contributed by atoms with van der Waals surface area (Å²) in [5, 5.41) is 15.8. The van der Waals surface area contributed by atoms with Gasteiger partial charge in [-0.2, -0.15) is 0 Å². The van der Waals surface area contributed by atoms with Crippen molar-refractivity contribution in [2.24, 2.45) is 0 Å². The predicted octanol–water partition coefficient (Wildman–Crippen LogP) is 1.51. The van der Waals surface area contributed by atoms with Crippen LogP contribution in [0.1, 0.15) is 17.5 Å². The van der Waals surface area contributed by atoms with Crippen molar-refractivity contribution >= 4 is 11.5 Å². The number of hydrogen-bond acceptors (Lipinski definition) is 5. The molecule has 0 N–H and O–H groups in total. The Labute approximate surface area is 122 Å². The largest absolute Gasteiger partial charge is 0.355 e. The highest BCUT2D eigenvalue weighted by atomic mass is 15.6. The second-order valence-electron chi connectivity index (χ2n) is 5.49. The average molecular weight is 280 g/mol. The Morgan fingerprint density at radius 1 is 1.14 bits per heavy atom. The monoisotopic (exact) mass is 280 g/mol. The van der Waals surface area contributed by atoms with Gasteiger partial charge in [0.1, 0.15) is 0 Å². The van der Waals surface area contributed by atoms with Crippen LogP contribution in [0, 0.1) is 0 Å². The smallest absolute Gasteiger partial charge is 0.200 e. The van der Waals surface area contributed by atoms with Gasteiger partial charge in [0, 0.05) is 13.1 Å². The zero-order valence-electron chi connectivity index (χ0n) is 11.8. The third kappa shape index (κ3) is 2.12. The first kappa shape index (κ1) is 12.3. The molecule has 0 bridgehead atoms. The van der Waals surface area contributed by atoms with Crippen molar-refractivity contribution in [2.75, 3.05) is 11.9 Å². The fourth-order valence-electron chi connectivity index (χ4n) is 3.02. The van der Waals surface area contributed by atoms with Crippen LogP contribution in [0.3, 0.4) is 0 Å². The van der Waals surface area contributed by atoms with Crippen molar-refractivity contribution < 1.29 is 0 Å². The molecule has 0 aliphatic heterocycles. The van der Waals surface area contributed by atoms with E-state index in [1.54, 1.807) is 0 Å². The Bertz CT molecular complexity index is 780. The minimum absolute atomic E-state index is 0.460. The summed E-state index contributed by atoms with van der Waals surface area (Å²) in [7, 11) is 2.09. The molecule has 4 rings (SSSR count). The lowest BCUT2D eigenvalue weighted by Crippen LogP contribution is -2.37. The van der Waals surface area contributed by atoms with Crippen molar-refractivity contribution in [3.8, 4) is 0 Å². The fourth-order valence-corrected chi connectivity index (χ4v) is 3.02. The molecule has 2 heterocycles. The highest BCUT2D eigenvalue weighted by Gasteiger charge is 2.23. The lowest BCUT2D eigenvalue weighted by molar-refractivity contribution is 0.540. The van der Waals surface area contributed by atoms with Gasteiger partial charge < -0.3 is 4.90 Å². The molecule has 1 aliphatic rings. The van der Waals surface area contributed by atoms with Crippen LogP contribution in [0.15, 0.2) is 36.4 Å². The summed E-state index contributed by atoms with van der Waals surface area (Å²) < 4.78 is 1.47. The van der Waals surface area contributed by atoms with E-state index in [9.17, 15) is 0 Å². The molecule has 0 fully saturated rings. The molecule has 1 aromatic carbocycles. The van der Waals surface area contributed by atoms with Crippen LogP contribution in [0.2, 0.25) is 0 Å². The first-order valence-electron chi connectivity index (χ1n) is 7.16. The van der Waals surface area contributed by atoms with E-state index in [1.165, 1.54) is 15.8 Å². The number of aromatic nitrogens is 5. The van der Waals surface area contributed by atoms with E-state index in [2.05, 4.69) is 56.8 Å². The van der Waals surface area contributed by atoms with E-state index in [-0.39, 0.29) is 0 Å². The number of nitrogens with zero attached hydrogens (tertiary/aromatic N) is 6. The van der Waals surface area contributed by atoms with Crippen molar-refractivity contribution in [2.45, 2.75) is 25.3 Å². The van der Waals surface area contributed by atoms with Gasteiger partial charge in [-0.05, 0) is 52.9 Å². The molecule has 6 heteroatoms. The lowest BCUT2D eigenvalue weighted by atomic mass is 9.88. The van der Waals surface area contributed by atoms with Gasteiger partial charge in [-0.1, -0.05) is 24.3 Å². The van der Waals surface area contributed by atoms with E-state index < -0.39 is 0 Å². The summed E-state index contributed by atoms with van der Waals surface area (Å²) >= 11 is 0. The summed E-state index contributed by atoms with van der Waals surface area (Å²) in [6.45, 7) is 0. The first-order chi connectivity index (χ1) is 10.3. The maximum Gasteiger partial charge on any atom is 0.200 e. The number of rotatable bonds is 2. The van der Waals surface area contributed by atoms with Crippen LogP contribution in [0.4, 0.5) is 5.82 Å². The number of benzene rings is 1. The Morgan fingerprint density at radius 3 is 2.90 bits per heavy atom. The Balaban J connectivity index is 1.61.